The van der Waals surface area contributed by atoms with Gasteiger partial charge in [-0.2, -0.15) is 26.3 Å². The number of carbonyl (C=O) groups excluding carboxylic acids is 5. The Morgan fingerprint density at radius 1 is 0.456 bits per heavy atom. The number of hydrogen-bond donors (Lipinski definition) is 5. The van der Waals surface area contributed by atoms with Crippen LogP contribution in [-0.2, 0) is 43.0 Å². The number of carboxylic acids is 2. The SMILES string of the molecule is CCCCCCCCCCCC(=O)OCCCCNC(=O)CCC(NC(=O)C(C)CCCC)C(=O)NCCCCOC(=O)CCCCCCCCCCC.O=C(O)C(F)(F)F.O=C(O)C(F)(F)F. The van der Waals surface area contributed by atoms with E-state index in [1.54, 1.807) is 0 Å². The topological polar surface area (TPSA) is 214 Å². The first-order chi connectivity index (χ1) is 32.1. The second kappa shape index (κ2) is 45.3. The van der Waals surface area contributed by atoms with Crippen LogP contribution in [0.5, 0.6) is 0 Å². The molecule has 0 rings (SSSR count). The lowest BCUT2D eigenvalue weighted by Crippen LogP contribution is -2.48. The van der Waals surface area contributed by atoms with Crippen LogP contribution < -0.4 is 16.0 Å². The standard InChI is InChI=1S/C44H83N3O7.2C2HF3O2/c1-5-8-11-13-15-17-19-21-23-30-41(49)53-36-27-25-34-45-40(48)33-32-39(47-43(51)38(4)29-10-7-3)44(52)46-35-26-28-37-54-42(50)31-24-22-20-18-16-14-12-9-6-2;2*3-2(4,5)1(6)7/h38-39H,5-37H2,1-4H3,(H,45,48)(H,46,52)(H,47,51);2*(H,6,7). The first-order valence-electron chi connectivity index (χ1n) is 24.9. The van der Waals surface area contributed by atoms with Crippen molar-refractivity contribution in [3.63, 3.8) is 0 Å². The van der Waals surface area contributed by atoms with E-state index in [0.29, 0.717) is 64.8 Å². The van der Waals surface area contributed by atoms with Crippen LogP contribution in [0.4, 0.5) is 26.3 Å². The molecule has 0 saturated heterocycles. The van der Waals surface area contributed by atoms with Crippen molar-refractivity contribution in [2.45, 2.75) is 232 Å². The molecule has 0 aliphatic rings. The lowest BCUT2D eigenvalue weighted by molar-refractivity contribution is -0.193. The molecular weight excluding hydrogens is 909 g/mol. The molecule has 20 heteroatoms. The largest absolute Gasteiger partial charge is 0.490 e. The molecule has 68 heavy (non-hydrogen) atoms. The number of ether oxygens (including phenoxy) is 2. The Labute approximate surface area is 400 Å². The number of amides is 3. The van der Waals surface area contributed by atoms with Crippen molar-refractivity contribution < 1.29 is 79.6 Å². The van der Waals surface area contributed by atoms with Gasteiger partial charge in [-0.05, 0) is 51.4 Å². The highest BCUT2D eigenvalue weighted by Crippen LogP contribution is 2.15. The van der Waals surface area contributed by atoms with E-state index in [2.05, 4.69) is 36.7 Å². The van der Waals surface area contributed by atoms with Crippen LogP contribution in [0.1, 0.15) is 214 Å². The summed E-state index contributed by atoms with van der Waals surface area (Å²) in [5, 5.41) is 22.9. The highest BCUT2D eigenvalue weighted by molar-refractivity contribution is 5.89. The van der Waals surface area contributed by atoms with Gasteiger partial charge < -0.3 is 35.6 Å². The van der Waals surface area contributed by atoms with Gasteiger partial charge in [-0.1, -0.05) is 143 Å². The molecule has 0 bridgehead atoms. The van der Waals surface area contributed by atoms with Gasteiger partial charge in [0.25, 0.3) is 0 Å². The number of unbranched alkanes of at least 4 members (excludes halogenated alkanes) is 19. The molecule has 0 heterocycles. The van der Waals surface area contributed by atoms with Gasteiger partial charge in [0.1, 0.15) is 6.04 Å². The summed E-state index contributed by atoms with van der Waals surface area (Å²) in [6.07, 6.45) is 18.0. The van der Waals surface area contributed by atoms with E-state index in [1.807, 2.05) is 6.92 Å². The van der Waals surface area contributed by atoms with E-state index in [1.165, 1.54) is 89.9 Å². The zero-order valence-corrected chi connectivity index (χ0v) is 41.3. The van der Waals surface area contributed by atoms with Crippen LogP contribution in [0.2, 0.25) is 0 Å². The number of hydrogen-bond acceptors (Lipinski definition) is 9. The fraction of sp³-hybridized carbons (Fsp3) is 0.854. The molecule has 2 atom stereocenters. The van der Waals surface area contributed by atoms with Crippen molar-refractivity contribution in [2.75, 3.05) is 26.3 Å². The molecule has 0 aromatic carbocycles. The second-order valence-corrected chi connectivity index (χ2v) is 16.9. The Balaban J connectivity index is -0.00000259. The van der Waals surface area contributed by atoms with Crippen molar-refractivity contribution in [1.82, 2.24) is 16.0 Å². The Kier molecular flexibility index (Phi) is 45.4. The Morgan fingerprint density at radius 2 is 0.809 bits per heavy atom. The minimum Gasteiger partial charge on any atom is -0.475 e. The van der Waals surface area contributed by atoms with E-state index in [4.69, 9.17) is 29.3 Å². The van der Waals surface area contributed by atoms with E-state index < -0.39 is 30.3 Å². The molecule has 0 aliphatic heterocycles. The van der Waals surface area contributed by atoms with Crippen molar-refractivity contribution >= 4 is 41.6 Å². The predicted octanol–water partition coefficient (Wildman–Crippen LogP) is 11.1. The van der Waals surface area contributed by atoms with Gasteiger partial charge >= 0.3 is 36.2 Å². The van der Waals surface area contributed by atoms with Crippen LogP contribution in [0.15, 0.2) is 0 Å². The van der Waals surface area contributed by atoms with Crippen LogP contribution in [0, 0.1) is 5.92 Å². The van der Waals surface area contributed by atoms with Gasteiger partial charge in [0.2, 0.25) is 17.7 Å². The number of esters is 2. The Hall–Kier alpha value is -4.13. The van der Waals surface area contributed by atoms with Crippen LogP contribution in [0.3, 0.4) is 0 Å². The van der Waals surface area contributed by atoms with Crippen LogP contribution >= 0.6 is 0 Å². The van der Waals surface area contributed by atoms with E-state index in [-0.39, 0.29) is 48.4 Å². The molecule has 3 amide bonds. The molecule has 0 spiro atoms. The van der Waals surface area contributed by atoms with Gasteiger partial charge in [-0.25, -0.2) is 9.59 Å². The number of rotatable bonds is 39. The smallest absolute Gasteiger partial charge is 0.475 e. The number of aliphatic carboxylic acids is 2. The third kappa shape index (κ3) is 48.3. The molecule has 400 valence electrons. The van der Waals surface area contributed by atoms with Gasteiger partial charge in [0.15, 0.2) is 0 Å². The van der Waals surface area contributed by atoms with Gasteiger partial charge in [0, 0.05) is 38.3 Å². The van der Waals surface area contributed by atoms with E-state index in [9.17, 15) is 50.3 Å². The lowest BCUT2D eigenvalue weighted by atomic mass is 10.0. The van der Waals surface area contributed by atoms with Crippen LogP contribution in [0.25, 0.3) is 0 Å². The minimum atomic E-state index is -5.08. The second-order valence-electron chi connectivity index (χ2n) is 16.9. The number of carbonyl (C=O) groups is 7. The normalized spacial score (nSPS) is 12.0. The van der Waals surface area contributed by atoms with Crippen molar-refractivity contribution in [2.24, 2.45) is 5.92 Å². The zero-order valence-electron chi connectivity index (χ0n) is 41.3. The summed E-state index contributed by atoms with van der Waals surface area (Å²) in [4.78, 5) is 80.4. The quantitative estimate of drug-likeness (QED) is 0.0222. The summed E-state index contributed by atoms with van der Waals surface area (Å²) in [5.41, 5.74) is 0. The van der Waals surface area contributed by atoms with Crippen molar-refractivity contribution in [3.05, 3.63) is 0 Å². The zero-order chi connectivity index (χ0) is 52.1. The van der Waals surface area contributed by atoms with Gasteiger partial charge in [-0.3, -0.25) is 24.0 Å². The number of nitrogens with one attached hydrogen (secondary N) is 3. The Morgan fingerprint density at radius 3 is 1.18 bits per heavy atom. The molecule has 0 aromatic heterocycles. The average molecular weight is 994 g/mol. The molecule has 2 unspecified atom stereocenters. The summed E-state index contributed by atoms with van der Waals surface area (Å²) >= 11 is 0. The van der Waals surface area contributed by atoms with Crippen molar-refractivity contribution in [1.29, 1.82) is 0 Å². The first-order valence-corrected chi connectivity index (χ1v) is 24.9. The Bertz CT molecular complexity index is 1310. The van der Waals surface area contributed by atoms with Gasteiger partial charge in [-0.15, -0.1) is 0 Å². The molecule has 14 nitrogen and oxygen atoms in total. The molecule has 0 aromatic rings. The monoisotopic (exact) mass is 994 g/mol. The molecule has 5 N–H and O–H groups in total. The number of halogens is 6. The molecule has 0 radical (unpaired) electrons. The molecule has 0 aliphatic carbocycles. The summed E-state index contributed by atoms with van der Waals surface area (Å²) in [6.45, 7) is 9.90. The molecular formula is C48H85F6N3O11. The molecule has 0 fully saturated rings. The lowest BCUT2D eigenvalue weighted by Gasteiger charge is -2.21. The maximum atomic E-state index is 13.1. The summed E-state index contributed by atoms with van der Waals surface area (Å²) in [5.74, 6) is -6.74. The van der Waals surface area contributed by atoms with Crippen molar-refractivity contribution in [3.8, 4) is 0 Å². The third-order valence-electron chi connectivity index (χ3n) is 10.5. The first kappa shape index (κ1) is 68.1. The fourth-order valence-corrected chi connectivity index (χ4v) is 6.28. The highest BCUT2D eigenvalue weighted by Gasteiger charge is 2.39. The van der Waals surface area contributed by atoms with Crippen LogP contribution in [-0.4, -0.2) is 96.5 Å². The predicted molar refractivity (Wildman–Crippen MR) is 247 cm³/mol. The maximum absolute atomic E-state index is 13.1. The number of alkyl halides is 6. The summed E-state index contributed by atoms with van der Waals surface area (Å²) in [6, 6.07) is -0.813. The maximum Gasteiger partial charge on any atom is 0.490 e. The summed E-state index contributed by atoms with van der Waals surface area (Å²) in [7, 11) is 0. The minimum absolute atomic E-state index is 0.102. The fourth-order valence-electron chi connectivity index (χ4n) is 6.28. The number of carboxylic acid groups (broad SMARTS) is 2. The summed E-state index contributed by atoms with van der Waals surface area (Å²) < 4.78 is 74.2. The average Bonchev–Trinajstić information content (AvgIpc) is 3.27. The van der Waals surface area contributed by atoms with E-state index >= 15 is 0 Å². The van der Waals surface area contributed by atoms with E-state index in [0.717, 1.165) is 44.9 Å². The molecule has 0 saturated carbocycles. The van der Waals surface area contributed by atoms with Gasteiger partial charge in [0.05, 0.1) is 13.2 Å². The third-order valence-corrected chi connectivity index (χ3v) is 10.5. The highest BCUT2D eigenvalue weighted by atomic mass is 19.4.